The maximum atomic E-state index is 11.7. The lowest BCUT2D eigenvalue weighted by atomic mass is 10.3. The summed E-state index contributed by atoms with van der Waals surface area (Å²) in [6.07, 6.45) is 0. The Morgan fingerprint density at radius 2 is 2.31 bits per heavy atom. The van der Waals surface area contributed by atoms with Gasteiger partial charge in [0.15, 0.2) is 9.84 Å². The standard InChI is InChI=1S/C8H11BrO2S2/c1-7(5-9)6-13(10,11)8-3-2-4-12-8/h2-4,7H,5-6H2,1H3. The van der Waals surface area contributed by atoms with E-state index in [1.54, 1.807) is 17.5 Å². The molecule has 0 saturated carbocycles. The highest BCUT2D eigenvalue weighted by Crippen LogP contribution is 2.19. The van der Waals surface area contributed by atoms with Crippen molar-refractivity contribution in [1.29, 1.82) is 0 Å². The summed E-state index contributed by atoms with van der Waals surface area (Å²) in [5.41, 5.74) is 0. The molecule has 5 heteroatoms. The van der Waals surface area contributed by atoms with Crippen LogP contribution in [0.4, 0.5) is 0 Å². The third kappa shape index (κ3) is 3.07. The number of thiophene rings is 1. The lowest BCUT2D eigenvalue weighted by Gasteiger charge is -2.06. The molecule has 0 aliphatic carbocycles. The van der Waals surface area contributed by atoms with Gasteiger partial charge in [0, 0.05) is 5.33 Å². The van der Waals surface area contributed by atoms with E-state index < -0.39 is 9.84 Å². The molecule has 1 rings (SSSR count). The summed E-state index contributed by atoms with van der Waals surface area (Å²) in [5.74, 6) is 0.380. The second kappa shape index (κ2) is 4.57. The van der Waals surface area contributed by atoms with Crippen LogP contribution < -0.4 is 0 Å². The zero-order valence-electron chi connectivity index (χ0n) is 7.23. The summed E-state index contributed by atoms with van der Waals surface area (Å²) in [7, 11) is -3.04. The van der Waals surface area contributed by atoms with E-state index in [4.69, 9.17) is 0 Å². The maximum absolute atomic E-state index is 11.7. The summed E-state index contributed by atoms with van der Waals surface area (Å²) in [5, 5.41) is 2.50. The molecule has 0 aromatic carbocycles. The third-order valence-corrected chi connectivity index (χ3v) is 6.14. The molecule has 2 nitrogen and oxygen atoms in total. The maximum Gasteiger partial charge on any atom is 0.188 e. The first kappa shape index (κ1) is 11.2. The smallest absolute Gasteiger partial charge is 0.188 e. The van der Waals surface area contributed by atoms with Crippen molar-refractivity contribution < 1.29 is 8.42 Å². The van der Waals surface area contributed by atoms with Crippen molar-refractivity contribution in [3.63, 3.8) is 0 Å². The predicted molar refractivity (Wildman–Crippen MR) is 59.3 cm³/mol. The van der Waals surface area contributed by atoms with Crippen LogP contribution in [0.15, 0.2) is 21.7 Å². The molecule has 0 aliphatic rings. The van der Waals surface area contributed by atoms with E-state index in [0.29, 0.717) is 4.21 Å². The molecular weight excluding hydrogens is 272 g/mol. The Kier molecular flexibility index (Phi) is 3.94. The van der Waals surface area contributed by atoms with Gasteiger partial charge in [-0.1, -0.05) is 28.9 Å². The zero-order chi connectivity index (χ0) is 9.90. The molecule has 1 heterocycles. The van der Waals surface area contributed by atoms with Crippen molar-refractivity contribution >= 4 is 37.1 Å². The molecule has 13 heavy (non-hydrogen) atoms. The van der Waals surface area contributed by atoms with Crippen LogP contribution in [0.1, 0.15) is 6.92 Å². The summed E-state index contributed by atoms with van der Waals surface area (Å²) >= 11 is 4.55. The first-order valence-electron chi connectivity index (χ1n) is 3.88. The fourth-order valence-electron chi connectivity index (χ4n) is 0.942. The fraction of sp³-hybridized carbons (Fsp3) is 0.500. The van der Waals surface area contributed by atoms with Gasteiger partial charge in [0.1, 0.15) is 4.21 Å². The Morgan fingerprint density at radius 3 is 2.77 bits per heavy atom. The minimum Gasteiger partial charge on any atom is -0.223 e. The van der Waals surface area contributed by atoms with Crippen LogP contribution in [0.5, 0.6) is 0 Å². The van der Waals surface area contributed by atoms with Gasteiger partial charge < -0.3 is 0 Å². The van der Waals surface area contributed by atoms with E-state index >= 15 is 0 Å². The summed E-state index contributed by atoms with van der Waals surface area (Å²) in [6.45, 7) is 1.92. The van der Waals surface area contributed by atoms with E-state index in [9.17, 15) is 8.42 Å². The molecule has 0 spiro atoms. The number of rotatable bonds is 4. The normalized spacial score (nSPS) is 14.3. The number of alkyl halides is 1. The van der Waals surface area contributed by atoms with Gasteiger partial charge in [0.2, 0.25) is 0 Å². The van der Waals surface area contributed by atoms with Crippen molar-refractivity contribution in [3.05, 3.63) is 17.5 Å². The van der Waals surface area contributed by atoms with Crippen molar-refractivity contribution in [2.24, 2.45) is 5.92 Å². The molecule has 0 fully saturated rings. The van der Waals surface area contributed by atoms with Gasteiger partial charge in [0.05, 0.1) is 5.75 Å². The minimum absolute atomic E-state index is 0.159. The van der Waals surface area contributed by atoms with Crippen LogP contribution in [0.25, 0.3) is 0 Å². The summed E-state index contributed by atoms with van der Waals surface area (Å²) < 4.78 is 23.8. The van der Waals surface area contributed by atoms with Crippen molar-refractivity contribution in [3.8, 4) is 0 Å². The molecule has 1 unspecified atom stereocenters. The van der Waals surface area contributed by atoms with E-state index in [0.717, 1.165) is 5.33 Å². The molecule has 0 aliphatic heterocycles. The molecule has 0 bridgehead atoms. The van der Waals surface area contributed by atoms with Crippen molar-refractivity contribution in [1.82, 2.24) is 0 Å². The molecule has 0 N–H and O–H groups in total. The molecule has 0 amide bonds. The van der Waals surface area contributed by atoms with E-state index in [-0.39, 0.29) is 11.7 Å². The van der Waals surface area contributed by atoms with Crippen LogP contribution in [0.2, 0.25) is 0 Å². The van der Waals surface area contributed by atoms with Gasteiger partial charge in [0.25, 0.3) is 0 Å². The summed E-state index contributed by atoms with van der Waals surface area (Å²) in [6, 6.07) is 3.41. The van der Waals surface area contributed by atoms with Crippen LogP contribution >= 0.6 is 27.3 Å². The van der Waals surface area contributed by atoms with Crippen LogP contribution in [0, 0.1) is 5.92 Å². The average Bonchev–Trinajstić information content (AvgIpc) is 2.55. The van der Waals surface area contributed by atoms with Gasteiger partial charge in [-0.15, -0.1) is 11.3 Å². The molecular formula is C8H11BrO2S2. The minimum atomic E-state index is -3.04. The SMILES string of the molecule is CC(CBr)CS(=O)(=O)c1cccs1. The van der Waals surface area contributed by atoms with Crippen LogP contribution in [-0.4, -0.2) is 19.5 Å². The largest absolute Gasteiger partial charge is 0.223 e. The third-order valence-electron chi connectivity index (χ3n) is 1.57. The molecule has 0 saturated heterocycles. The predicted octanol–water partition coefficient (Wildman–Crippen LogP) is 2.55. The van der Waals surface area contributed by atoms with E-state index in [1.807, 2.05) is 6.92 Å². The molecule has 74 valence electrons. The Morgan fingerprint density at radius 1 is 1.62 bits per heavy atom. The molecule has 1 aromatic heterocycles. The lowest BCUT2D eigenvalue weighted by Crippen LogP contribution is -2.13. The highest BCUT2D eigenvalue weighted by Gasteiger charge is 2.18. The van der Waals surface area contributed by atoms with Gasteiger partial charge in [-0.05, 0) is 17.4 Å². The first-order valence-corrected chi connectivity index (χ1v) is 7.54. The Balaban J connectivity index is 2.79. The monoisotopic (exact) mass is 282 g/mol. The topological polar surface area (TPSA) is 34.1 Å². The van der Waals surface area contributed by atoms with Gasteiger partial charge >= 0.3 is 0 Å². The first-order chi connectivity index (χ1) is 6.06. The van der Waals surface area contributed by atoms with E-state index in [2.05, 4.69) is 15.9 Å². The number of halogens is 1. The van der Waals surface area contributed by atoms with Gasteiger partial charge in [-0.25, -0.2) is 8.42 Å². The average molecular weight is 283 g/mol. The van der Waals surface area contributed by atoms with Gasteiger partial charge in [-0.2, -0.15) is 0 Å². The highest BCUT2D eigenvalue weighted by molar-refractivity contribution is 9.09. The number of hydrogen-bond acceptors (Lipinski definition) is 3. The zero-order valence-corrected chi connectivity index (χ0v) is 10.5. The molecule has 1 aromatic rings. The highest BCUT2D eigenvalue weighted by atomic mass is 79.9. The second-order valence-corrected chi connectivity index (χ2v) is 6.83. The van der Waals surface area contributed by atoms with E-state index in [1.165, 1.54) is 11.3 Å². The van der Waals surface area contributed by atoms with Crippen molar-refractivity contribution in [2.75, 3.05) is 11.1 Å². The number of sulfone groups is 1. The molecule has 1 atom stereocenters. The lowest BCUT2D eigenvalue weighted by molar-refractivity contribution is 0.586. The second-order valence-electron chi connectivity index (χ2n) is 2.97. The molecule has 0 radical (unpaired) electrons. The summed E-state index contributed by atoms with van der Waals surface area (Å²) in [4.78, 5) is 0. The quantitative estimate of drug-likeness (QED) is 0.796. The Bertz CT molecular complexity index is 342. The van der Waals surface area contributed by atoms with Gasteiger partial charge in [-0.3, -0.25) is 0 Å². The number of hydrogen-bond donors (Lipinski definition) is 0. The van der Waals surface area contributed by atoms with Crippen LogP contribution in [-0.2, 0) is 9.84 Å². The Hall–Kier alpha value is 0.130. The van der Waals surface area contributed by atoms with Crippen LogP contribution in [0.3, 0.4) is 0 Å². The fourth-order valence-corrected chi connectivity index (χ4v) is 4.20. The van der Waals surface area contributed by atoms with Crippen molar-refractivity contribution in [2.45, 2.75) is 11.1 Å². The Labute approximate surface area is 91.0 Å².